The Morgan fingerprint density at radius 3 is 2.15 bits per heavy atom. The van der Waals surface area contributed by atoms with E-state index in [9.17, 15) is 18.4 Å². The third-order valence-electron chi connectivity index (χ3n) is 4.60. The molecule has 0 bridgehead atoms. The van der Waals surface area contributed by atoms with Crippen LogP contribution < -0.4 is 14.8 Å². The van der Waals surface area contributed by atoms with Gasteiger partial charge in [-0.3, -0.25) is 4.79 Å². The number of carboxylic acid groups (broad SMARTS) is 1. The molecule has 1 atom stereocenters. The first-order chi connectivity index (χ1) is 12.2. The molecule has 1 aromatic carbocycles. The number of nitrogens with one attached hydrogen (secondary N) is 1. The van der Waals surface area contributed by atoms with Gasteiger partial charge in [0.2, 0.25) is 12.3 Å². The Labute approximate surface area is 151 Å². The summed E-state index contributed by atoms with van der Waals surface area (Å²) in [4.78, 5) is 24.1. The van der Waals surface area contributed by atoms with Crippen LogP contribution in [0.4, 0.5) is 8.78 Å². The number of carbonyl (C=O) groups excluding carboxylic acids is 1. The minimum atomic E-state index is -2.84. The van der Waals surface area contributed by atoms with Crippen LogP contribution in [0.2, 0.25) is 0 Å². The second-order valence-corrected chi connectivity index (χ2v) is 5.85. The van der Waals surface area contributed by atoms with E-state index in [1.807, 2.05) is 0 Å². The summed E-state index contributed by atoms with van der Waals surface area (Å²) in [5, 5.41) is 11.4. The molecule has 0 spiro atoms. The average molecular weight is 373 g/mol. The van der Waals surface area contributed by atoms with Crippen molar-refractivity contribution in [1.82, 2.24) is 5.32 Å². The van der Waals surface area contributed by atoms with Gasteiger partial charge in [0.05, 0.1) is 19.6 Å². The molecule has 0 fully saturated rings. The molecule has 0 aromatic heterocycles. The smallest absolute Gasteiger partial charge is 0.326 e. The van der Waals surface area contributed by atoms with Crippen molar-refractivity contribution in [3.8, 4) is 11.5 Å². The van der Waals surface area contributed by atoms with Crippen LogP contribution in [0.5, 0.6) is 11.5 Å². The first-order valence-corrected chi connectivity index (χ1v) is 8.30. The van der Waals surface area contributed by atoms with Crippen LogP contribution in [0.1, 0.15) is 38.7 Å². The van der Waals surface area contributed by atoms with Crippen LogP contribution in [-0.4, -0.2) is 43.7 Å². The summed E-state index contributed by atoms with van der Waals surface area (Å²) < 4.78 is 35.7. The van der Waals surface area contributed by atoms with E-state index in [4.69, 9.17) is 14.6 Å². The third kappa shape index (κ3) is 4.62. The number of alkyl halides is 2. The van der Waals surface area contributed by atoms with Crippen molar-refractivity contribution in [1.29, 1.82) is 0 Å². The van der Waals surface area contributed by atoms with Gasteiger partial charge in [0.15, 0.2) is 11.5 Å². The lowest BCUT2D eigenvalue weighted by atomic mass is 9.74. The average Bonchev–Trinajstić information content (AvgIpc) is 2.61. The van der Waals surface area contributed by atoms with Gasteiger partial charge in [-0.05, 0) is 30.5 Å². The Kier molecular flexibility index (Phi) is 7.79. The highest BCUT2D eigenvalue weighted by atomic mass is 19.3. The van der Waals surface area contributed by atoms with E-state index >= 15 is 0 Å². The fourth-order valence-corrected chi connectivity index (χ4v) is 2.94. The molecule has 0 radical (unpaired) electrons. The number of rotatable bonds is 10. The maximum absolute atomic E-state index is 12.9. The predicted molar refractivity (Wildman–Crippen MR) is 92.0 cm³/mol. The minimum Gasteiger partial charge on any atom is -0.493 e. The molecule has 0 aliphatic carbocycles. The van der Waals surface area contributed by atoms with Crippen molar-refractivity contribution in [2.45, 2.75) is 51.0 Å². The number of carboxylic acids is 1. The number of amides is 1. The van der Waals surface area contributed by atoms with Gasteiger partial charge < -0.3 is 19.9 Å². The number of ether oxygens (including phenoxy) is 2. The summed E-state index contributed by atoms with van der Waals surface area (Å²) in [5.41, 5.74) is -0.478. The summed E-state index contributed by atoms with van der Waals surface area (Å²) in [6.07, 6.45) is -3.08. The highest BCUT2D eigenvalue weighted by Gasteiger charge is 2.39. The maximum atomic E-state index is 12.9. The zero-order valence-corrected chi connectivity index (χ0v) is 15.3. The van der Waals surface area contributed by atoms with Crippen molar-refractivity contribution in [2.24, 2.45) is 0 Å². The van der Waals surface area contributed by atoms with Gasteiger partial charge in [-0.15, -0.1) is 0 Å². The number of hydrogen-bond donors (Lipinski definition) is 2. The van der Waals surface area contributed by atoms with Gasteiger partial charge in [-0.2, -0.15) is 0 Å². The van der Waals surface area contributed by atoms with Gasteiger partial charge >= 0.3 is 5.97 Å². The lowest BCUT2D eigenvalue weighted by molar-refractivity contribution is -0.144. The molecule has 26 heavy (non-hydrogen) atoms. The first kappa shape index (κ1) is 21.7. The molecule has 8 heteroatoms. The van der Waals surface area contributed by atoms with Gasteiger partial charge in [0.1, 0.15) is 6.04 Å². The molecule has 0 saturated heterocycles. The highest BCUT2D eigenvalue weighted by molar-refractivity contribution is 5.91. The molecule has 0 saturated carbocycles. The van der Waals surface area contributed by atoms with Gasteiger partial charge in [-0.25, -0.2) is 13.6 Å². The zero-order valence-electron chi connectivity index (χ0n) is 15.3. The summed E-state index contributed by atoms with van der Waals surface area (Å²) in [6.45, 7) is 3.56. The van der Waals surface area contributed by atoms with Crippen LogP contribution in [0.15, 0.2) is 18.2 Å². The van der Waals surface area contributed by atoms with Crippen molar-refractivity contribution in [3.63, 3.8) is 0 Å². The fourth-order valence-electron chi connectivity index (χ4n) is 2.94. The maximum Gasteiger partial charge on any atom is 0.326 e. The van der Waals surface area contributed by atoms with E-state index in [2.05, 4.69) is 5.32 Å². The molecule has 6 nitrogen and oxygen atoms in total. The Morgan fingerprint density at radius 1 is 1.15 bits per heavy atom. The van der Waals surface area contributed by atoms with Gasteiger partial charge in [0.25, 0.3) is 0 Å². The van der Waals surface area contributed by atoms with Crippen LogP contribution in [0, 0.1) is 0 Å². The monoisotopic (exact) mass is 373 g/mol. The second kappa shape index (κ2) is 9.35. The Hall–Kier alpha value is -2.38. The first-order valence-electron chi connectivity index (χ1n) is 8.30. The van der Waals surface area contributed by atoms with Gasteiger partial charge in [0, 0.05) is 6.42 Å². The number of benzene rings is 1. The molecule has 146 valence electrons. The fraction of sp³-hybridized carbons (Fsp3) is 0.556. The largest absolute Gasteiger partial charge is 0.493 e. The lowest BCUT2D eigenvalue weighted by Crippen LogP contribution is -2.51. The lowest BCUT2D eigenvalue weighted by Gasteiger charge is -2.32. The number of carbonyl (C=O) groups is 2. The molecule has 0 aliphatic heterocycles. The van der Waals surface area contributed by atoms with E-state index in [0.29, 0.717) is 29.9 Å². The molecular formula is C18H25F2NO5. The van der Waals surface area contributed by atoms with Crippen LogP contribution >= 0.6 is 0 Å². The van der Waals surface area contributed by atoms with Crippen LogP contribution in [0.25, 0.3) is 0 Å². The summed E-state index contributed by atoms with van der Waals surface area (Å²) in [7, 11) is 2.95. The van der Waals surface area contributed by atoms with E-state index < -0.39 is 36.2 Å². The molecule has 1 unspecified atom stereocenters. The standard InChI is InChI=1S/C18H25F2NO5/c1-5-18(6-2,11-7-8-13(25-3)14(9-11)26-4)17(24)21-12(16(22)23)10-15(19)20/h7-9,12,15H,5-6,10H2,1-4H3,(H,21,24)(H,22,23). The van der Waals surface area contributed by atoms with Crippen LogP contribution in [0.3, 0.4) is 0 Å². The van der Waals surface area contributed by atoms with Gasteiger partial charge in [-0.1, -0.05) is 19.9 Å². The number of aliphatic carboxylic acids is 1. The molecule has 0 aliphatic rings. The zero-order chi connectivity index (χ0) is 19.9. The van der Waals surface area contributed by atoms with Crippen molar-refractivity contribution >= 4 is 11.9 Å². The molecular weight excluding hydrogens is 348 g/mol. The SMILES string of the molecule is CCC(CC)(C(=O)NC(CC(F)F)C(=O)O)c1ccc(OC)c(OC)c1. The number of hydrogen-bond acceptors (Lipinski definition) is 4. The topological polar surface area (TPSA) is 84.9 Å². The molecule has 2 N–H and O–H groups in total. The summed E-state index contributed by atoms with van der Waals surface area (Å²) in [6, 6.07) is 3.33. The predicted octanol–water partition coefficient (Wildman–Crippen LogP) is 2.99. The summed E-state index contributed by atoms with van der Waals surface area (Å²) in [5.74, 6) is -1.19. The van der Waals surface area contributed by atoms with E-state index in [-0.39, 0.29) is 0 Å². The Balaban J connectivity index is 3.27. The van der Waals surface area contributed by atoms with Crippen molar-refractivity contribution < 1.29 is 33.0 Å². The van der Waals surface area contributed by atoms with Crippen LogP contribution in [-0.2, 0) is 15.0 Å². The number of methoxy groups -OCH3 is 2. The molecule has 1 amide bonds. The molecule has 1 rings (SSSR count). The summed E-state index contributed by atoms with van der Waals surface area (Å²) >= 11 is 0. The second-order valence-electron chi connectivity index (χ2n) is 5.85. The van der Waals surface area contributed by atoms with E-state index in [1.165, 1.54) is 14.2 Å². The quantitative estimate of drug-likeness (QED) is 0.659. The Bertz CT molecular complexity index is 632. The Morgan fingerprint density at radius 2 is 1.73 bits per heavy atom. The molecule has 1 aromatic rings. The normalized spacial score (nSPS) is 12.6. The highest BCUT2D eigenvalue weighted by Crippen LogP contribution is 2.37. The van der Waals surface area contributed by atoms with E-state index in [1.54, 1.807) is 32.0 Å². The van der Waals surface area contributed by atoms with Crippen molar-refractivity contribution in [3.05, 3.63) is 23.8 Å². The molecule has 0 heterocycles. The number of halogens is 2. The minimum absolute atomic E-state index is 0.353. The van der Waals surface area contributed by atoms with Crippen molar-refractivity contribution in [2.75, 3.05) is 14.2 Å². The van der Waals surface area contributed by atoms with E-state index in [0.717, 1.165) is 0 Å². The third-order valence-corrected chi connectivity index (χ3v) is 4.60.